The lowest BCUT2D eigenvalue weighted by atomic mass is 9.96. The molecule has 0 fully saturated rings. The maximum absolute atomic E-state index is 11.3. The van der Waals surface area contributed by atoms with Crippen molar-refractivity contribution in [1.29, 1.82) is 0 Å². The van der Waals surface area contributed by atoms with Gasteiger partial charge in [0.2, 0.25) is 6.10 Å². The Kier molecular flexibility index (Phi) is 6.21. The van der Waals surface area contributed by atoms with Crippen molar-refractivity contribution in [3.8, 4) is 11.1 Å². The summed E-state index contributed by atoms with van der Waals surface area (Å²) in [6, 6.07) is 12.2. The van der Waals surface area contributed by atoms with E-state index in [9.17, 15) is 19.8 Å². The van der Waals surface area contributed by atoms with E-state index in [0.29, 0.717) is 10.0 Å². The predicted octanol–water partition coefficient (Wildman–Crippen LogP) is 2.63. The summed E-state index contributed by atoms with van der Waals surface area (Å²) in [4.78, 5) is 22.2. The summed E-state index contributed by atoms with van der Waals surface area (Å²) in [6.07, 6.45) is -3.01. The summed E-state index contributed by atoms with van der Waals surface area (Å²) in [6.45, 7) is 3.76. The Morgan fingerprint density at radius 1 is 1.15 bits per heavy atom. The van der Waals surface area contributed by atoms with E-state index >= 15 is 0 Å². The third-order valence-electron chi connectivity index (χ3n) is 3.60. The van der Waals surface area contributed by atoms with Gasteiger partial charge in [-0.1, -0.05) is 58.9 Å². The van der Waals surface area contributed by atoms with Crippen LogP contribution in [0.2, 0.25) is 0 Å². The molecule has 1 atom stereocenters. The van der Waals surface area contributed by atoms with E-state index in [0.717, 1.165) is 11.1 Å². The quantitative estimate of drug-likeness (QED) is 0.512. The number of ether oxygens (including phenoxy) is 2. The fraction of sp³-hybridized carbons (Fsp3) is 0.111. The molecular weight excluding hydrogens is 420 g/mol. The van der Waals surface area contributed by atoms with Gasteiger partial charge >= 0.3 is 18.2 Å². The van der Waals surface area contributed by atoms with Gasteiger partial charge in [0, 0.05) is 10.0 Å². The molecule has 2 aromatic rings. The Morgan fingerprint density at radius 2 is 1.81 bits per heavy atom. The Bertz CT molecular complexity index is 884. The Hall–Kier alpha value is -2.88. The maximum atomic E-state index is 11.3. The Balaban J connectivity index is 2.60. The second kappa shape index (κ2) is 8.21. The molecule has 1 unspecified atom stereocenters. The summed E-state index contributed by atoms with van der Waals surface area (Å²) in [5.74, 6) is -3.25. The minimum absolute atomic E-state index is 0.0800. The van der Waals surface area contributed by atoms with Crippen LogP contribution in [0.5, 0.6) is 0 Å². The molecule has 0 radical (unpaired) electrons. The molecule has 6 N–H and O–H groups in total. The Labute approximate surface area is 163 Å². The number of hydrogen-bond donors (Lipinski definition) is 4. The number of rotatable bonds is 6. The van der Waals surface area contributed by atoms with Crippen molar-refractivity contribution < 1.29 is 29.3 Å². The van der Waals surface area contributed by atoms with E-state index in [1.54, 1.807) is 18.2 Å². The minimum atomic E-state index is -3.25. The zero-order chi connectivity index (χ0) is 20.2. The second-order valence-electron chi connectivity index (χ2n) is 5.42. The van der Waals surface area contributed by atoms with Crippen LogP contribution in [0.15, 0.2) is 53.5 Å². The predicted molar refractivity (Wildman–Crippen MR) is 101 cm³/mol. The zero-order valence-corrected chi connectivity index (χ0v) is 15.5. The van der Waals surface area contributed by atoms with E-state index in [-0.39, 0.29) is 5.56 Å². The molecule has 142 valence electrons. The summed E-state index contributed by atoms with van der Waals surface area (Å²) in [7, 11) is 0. The van der Waals surface area contributed by atoms with Gasteiger partial charge in [-0.15, -0.1) is 0 Å². The first-order valence-corrected chi connectivity index (χ1v) is 8.35. The molecule has 2 amide bonds. The van der Waals surface area contributed by atoms with Gasteiger partial charge in [0.15, 0.2) is 0 Å². The van der Waals surface area contributed by atoms with Gasteiger partial charge in [0.25, 0.3) is 0 Å². The maximum Gasteiger partial charge on any atom is 0.408 e. The third kappa shape index (κ3) is 4.85. The topological polar surface area (TPSA) is 145 Å². The molecular formula is C18H17BrN2O6. The molecule has 0 aliphatic heterocycles. The van der Waals surface area contributed by atoms with Crippen LogP contribution in [-0.2, 0) is 9.47 Å². The number of benzene rings is 2. The molecule has 0 bridgehead atoms. The fourth-order valence-corrected chi connectivity index (χ4v) is 2.97. The lowest BCUT2D eigenvalue weighted by Gasteiger charge is -2.29. The SMILES string of the molecule is C=Cc1ccccc1-c1ccc(Br)c(C(OC(N)=O)C(O)(O)OC(N)=O)c1. The van der Waals surface area contributed by atoms with Gasteiger partial charge in [0.05, 0.1) is 0 Å². The van der Waals surface area contributed by atoms with Crippen molar-refractivity contribution in [2.45, 2.75) is 12.1 Å². The van der Waals surface area contributed by atoms with E-state index in [2.05, 4.69) is 27.2 Å². The first kappa shape index (κ1) is 20.4. The average Bonchev–Trinajstić information content (AvgIpc) is 2.59. The Morgan fingerprint density at radius 3 is 2.41 bits per heavy atom. The number of aliphatic hydroxyl groups is 2. The highest BCUT2D eigenvalue weighted by molar-refractivity contribution is 9.10. The van der Waals surface area contributed by atoms with Crippen molar-refractivity contribution in [2.75, 3.05) is 0 Å². The molecule has 27 heavy (non-hydrogen) atoms. The van der Waals surface area contributed by atoms with Gasteiger partial charge in [-0.05, 0) is 28.8 Å². The molecule has 2 aromatic carbocycles. The van der Waals surface area contributed by atoms with Crippen LogP contribution < -0.4 is 11.5 Å². The summed E-state index contributed by atoms with van der Waals surface area (Å²) >= 11 is 3.24. The molecule has 0 aliphatic rings. The van der Waals surface area contributed by atoms with Gasteiger partial charge in [-0.25, -0.2) is 9.59 Å². The lowest BCUT2D eigenvalue weighted by Crippen LogP contribution is -2.45. The largest absolute Gasteiger partial charge is 0.431 e. The zero-order valence-electron chi connectivity index (χ0n) is 14.0. The monoisotopic (exact) mass is 436 g/mol. The lowest BCUT2D eigenvalue weighted by molar-refractivity contribution is -0.350. The first-order valence-electron chi connectivity index (χ1n) is 7.56. The number of amides is 2. The highest BCUT2D eigenvalue weighted by Crippen LogP contribution is 2.37. The van der Waals surface area contributed by atoms with Crippen LogP contribution >= 0.6 is 15.9 Å². The molecule has 0 spiro atoms. The number of nitrogens with two attached hydrogens (primary N) is 2. The van der Waals surface area contributed by atoms with E-state index in [1.165, 1.54) is 6.07 Å². The van der Waals surface area contributed by atoms with Crippen LogP contribution in [-0.4, -0.2) is 28.4 Å². The van der Waals surface area contributed by atoms with Crippen molar-refractivity contribution >= 4 is 34.2 Å². The number of halogens is 1. The highest BCUT2D eigenvalue weighted by Gasteiger charge is 2.44. The van der Waals surface area contributed by atoms with Crippen LogP contribution in [0.4, 0.5) is 9.59 Å². The number of carbonyl (C=O) groups is 2. The second-order valence-corrected chi connectivity index (χ2v) is 6.28. The molecule has 0 heterocycles. The van der Waals surface area contributed by atoms with Crippen LogP contribution in [0.25, 0.3) is 17.2 Å². The average molecular weight is 437 g/mol. The van der Waals surface area contributed by atoms with Crippen LogP contribution in [0.1, 0.15) is 17.2 Å². The summed E-state index contributed by atoms with van der Waals surface area (Å²) < 4.78 is 9.41. The van der Waals surface area contributed by atoms with E-state index in [4.69, 9.17) is 16.2 Å². The van der Waals surface area contributed by atoms with Crippen molar-refractivity contribution in [1.82, 2.24) is 0 Å². The van der Waals surface area contributed by atoms with E-state index < -0.39 is 24.3 Å². The summed E-state index contributed by atoms with van der Waals surface area (Å²) in [5, 5.41) is 20.2. The van der Waals surface area contributed by atoms with Crippen molar-refractivity contribution in [3.63, 3.8) is 0 Å². The molecule has 0 aliphatic carbocycles. The van der Waals surface area contributed by atoms with Gasteiger partial charge in [0.1, 0.15) is 0 Å². The minimum Gasteiger partial charge on any atom is -0.431 e. The molecule has 0 saturated carbocycles. The number of hydrogen-bond acceptors (Lipinski definition) is 6. The van der Waals surface area contributed by atoms with E-state index in [1.807, 2.05) is 24.3 Å². The standard InChI is InChI=1S/C18H17BrN2O6/c1-2-10-5-3-4-6-12(10)11-7-8-14(19)13(9-11)15(26-16(20)22)18(24,25)27-17(21)23/h2-9,15,24-25H,1H2,(H2,20,22)(H2,21,23). The molecule has 9 heteroatoms. The number of primary amides is 2. The smallest absolute Gasteiger partial charge is 0.408 e. The normalized spacial score (nSPS) is 12.1. The highest BCUT2D eigenvalue weighted by atomic mass is 79.9. The number of carbonyl (C=O) groups excluding carboxylic acids is 2. The van der Waals surface area contributed by atoms with Crippen molar-refractivity contribution in [3.05, 3.63) is 64.6 Å². The molecule has 2 rings (SSSR count). The molecule has 0 saturated heterocycles. The van der Waals surface area contributed by atoms with Gasteiger partial charge in [-0.3, -0.25) is 0 Å². The van der Waals surface area contributed by atoms with Gasteiger partial charge in [-0.2, -0.15) is 0 Å². The summed E-state index contributed by atoms with van der Waals surface area (Å²) in [5.41, 5.74) is 12.2. The molecule has 0 aromatic heterocycles. The third-order valence-corrected chi connectivity index (χ3v) is 4.32. The van der Waals surface area contributed by atoms with Gasteiger partial charge < -0.3 is 31.2 Å². The van der Waals surface area contributed by atoms with Crippen molar-refractivity contribution in [2.24, 2.45) is 11.5 Å². The first-order chi connectivity index (χ1) is 12.7. The molecule has 8 nitrogen and oxygen atoms in total. The van der Waals surface area contributed by atoms with Crippen LogP contribution in [0.3, 0.4) is 0 Å². The van der Waals surface area contributed by atoms with Crippen LogP contribution in [0, 0.1) is 0 Å². The fourth-order valence-electron chi connectivity index (χ4n) is 2.51.